The zero-order valence-corrected chi connectivity index (χ0v) is 11.4. The van der Waals surface area contributed by atoms with Crippen LogP contribution in [0.5, 0.6) is 5.88 Å². The van der Waals surface area contributed by atoms with Crippen molar-refractivity contribution >= 4 is 5.91 Å². The first kappa shape index (κ1) is 14.9. The molecule has 110 valence electrons. The molecule has 0 bridgehead atoms. The molecule has 1 aromatic carbocycles. The number of aromatic nitrogens is 1. The smallest absolute Gasteiger partial charge is 0.251 e. The molecule has 0 aliphatic carbocycles. The van der Waals surface area contributed by atoms with Gasteiger partial charge < -0.3 is 10.1 Å². The average Bonchev–Trinajstić information content (AvgIpc) is 2.49. The molecule has 2 aromatic rings. The first-order valence-electron chi connectivity index (χ1n) is 6.41. The molecular weight excluding hydrogens is 278 g/mol. The van der Waals surface area contributed by atoms with Crippen molar-refractivity contribution in [3.8, 4) is 5.88 Å². The van der Waals surface area contributed by atoms with Gasteiger partial charge in [0, 0.05) is 23.9 Å². The third-order valence-electron chi connectivity index (χ3n) is 2.75. The van der Waals surface area contributed by atoms with Crippen molar-refractivity contribution in [2.45, 2.75) is 13.5 Å². The van der Waals surface area contributed by atoms with Crippen molar-refractivity contribution in [1.82, 2.24) is 10.3 Å². The van der Waals surface area contributed by atoms with E-state index in [1.54, 1.807) is 18.3 Å². The first-order valence-corrected chi connectivity index (χ1v) is 6.41. The number of ether oxygens (including phenoxy) is 1. The minimum absolute atomic E-state index is 0.0516. The molecule has 1 N–H and O–H groups in total. The lowest BCUT2D eigenvalue weighted by atomic mass is 10.2. The summed E-state index contributed by atoms with van der Waals surface area (Å²) in [7, 11) is 0. The predicted molar refractivity (Wildman–Crippen MR) is 72.9 cm³/mol. The van der Waals surface area contributed by atoms with Gasteiger partial charge in [0.1, 0.15) is 0 Å². The fraction of sp³-hybridized carbons (Fsp3) is 0.200. The summed E-state index contributed by atoms with van der Waals surface area (Å²) < 4.78 is 31.2. The SMILES string of the molecule is CCOc1ncccc1CNC(=O)c1ccc(F)c(F)c1. The summed E-state index contributed by atoms with van der Waals surface area (Å²) in [5, 5.41) is 2.61. The highest BCUT2D eigenvalue weighted by Gasteiger charge is 2.11. The van der Waals surface area contributed by atoms with Crippen LogP contribution >= 0.6 is 0 Å². The molecule has 1 amide bonds. The van der Waals surface area contributed by atoms with Crippen LogP contribution in [0.4, 0.5) is 8.78 Å². The van der Waals surface area contributed by atoms with Crippen molar-refractivity contribution in [3.63, 3.8) is 0 Å². The number of nitrogens with one attached hydrogen (secondary N) is 1. The molecule has 0 aliphatic heterocycles. The van der Waals surface area contributed by atoms with Crippen LogP contribution in [0.15, 0.2) is 36.5 Å². The van der Waals surface area contributed by atoms with Gasteiger partial charge in [0.05, 0.1) is 6.61 Å². The van der Waals surface area contributed by atoms with E-state index in [9.17, 15) is 13.6 Å². The van der Waals surface area contributed by atoms with Crippen LogP contribution in [0.25, 0.3) is 0 Å². The van der Waals surface area contributed by atoms with E-state index in [4.69, 9.17) is 4.74 Å². The summed E-state index contributed by atoms with van der Waals surface area (Å²) in [5.74, 6) is -2.11. The summed E-state index contributed by atoms with van der Waals surface area (Å²) in [5.41, 5.74) is 0.756. The molecule has 2 rings (SSSR count). The van der Waals surface area contributed by atoms with Gasteiger partial charge in [-0.3, -0.25) is 4.79 Å². The minimum Gasteiger partial charge on any atom is -0.478 e. The molecule has 6 heteroatoms. The maximum Gasteiger partial charge on any atom is 0.251 e. The molecule has 0 radical (unpaired) electrons. The molecule has 0 spiro atoms. The lowest BCUT2D eigenvalue weighted by Gasteiger charge is -2.10. The molecule has 0 atom stereocenters. The highest BCUT2D eigenvalue weighted by Crippen LogP contribution is 2.14. The molecule has 21 heavy (non-hydrogen) atoms. The quantitative estimate of drug-likeness (QED) is 0.921. The van der Waals surface area contributed by atoms with E-state index in [0.29, 0.717) is 18.1 Å². The van der Waals surface area contributed by atoms with Crippen LogP contribution in [0.3, 0.4) is 0 Å². The van der Waals surface area contributed by atoms with Gasteiger partial charge in [-0.15, -0.1) is 0 Å². The highest BCUT2D eigenvalue weighted by molar-refractivity contribution is 5.94. The van der Waals surface area contributed by atoms with E-state index in [1.807, 2.05) is 6.92 Å². The van der Waals surface area contributed by atoms with Gasteiger partial charge in [0.2, 0.25) is 5.88 Å². The largest absolute Gasteiger partial charge is 0.478 e. The standard InChI is InChI=1S/C15H14F2N2O2/c1-2-21-15-11(4-3-7-18-15)9-19-14(20)10-5-6-12(16)13(17)8-10/h3-8H,2,9H2,1H3,(H,19,20). The summed E-state index contributed by atoms with van der Waals surface area (Å²) in [6.45, 7) is 2.47. The Morgan fingerprint density at radius 1 is 1.29 bits per heavy atom. The number of nitrogens with zero attached hydrogens (tertiary/aromatic N) is 1. The Bertz CT molecular complexity index is 647. The topological polar surface area (TPSA) is 51.2 Å². The Morgan fingerprint density at radius 3 is 2.81 bits per heavy atom. The Kier molecular flexibility index (Phi) is 4.81. The Morgan fingerprint density at radius 2 is 2.10 bits per heavy atom. The number of carbonyl (C=O) groups is 1. The molecule has 0 saturated carbocycles. The van der Waals surface area contributed by atoms with Crippen LogP contribution in [-0.4, -0.2) is 17.5 Å². The van der Waals surface area contributed by atoms with E-state index in [-0.39, 0.29) is 12.1 Å². The predicted octanol–water partition coefficient (Wildman–Crippen LogP) is 2.69. The zero-order valence-electron chi connectivity index (χ0n) is 11.4. The fourth-order valence-electron chi connectivity index (χ4n) is 1.74. The van der Waals surface area contributed by atoms with Crippen LogP contribution in [0, 0.1) is 11.6 Å². The second-order valence-electron chi connectivity index (χ2n) is 4.21. The minimum atomic E-state index is -1.06. The van der Waals surface area contributed by atoms with E-state index in [1.165, 1.54) is 6.07 Å². The van der Waals surface area contributed by atoms with Crippen molar-refractivity contribution < 1.29 is 18.3 Å². The molecule has 4 nitrogen and oxygen atoms in total. The van der Waals surface area contributed by atoms with Crippen LogP contribution < -0.4 is 10.1 Å². The van der Waals surface area contributed by atoms with Crippen LogP contribution in [0.2, 0.25) is 0 Å². The van der Waals surface area contributed by atoms with Crippen molar-refractivity contribution in [2.24, 2.45) is 0 Å². The summed E-state index contributed by atoms with van der Waals surface area (Å²) in [6.07, 6.45) is 1.59. The number of benzene rings is 1. The van der Waals surface area contributed by atoms with Gasteiger partial charge in [0.25, 0.3) is 5.91 Å². The number of hydrogen-bond acceptors (Lipinski definition) is 3. The third-order valence-corrected chi connectivity index (χ3v) is 2.75. The lowest BCUT2D eigenvalue weighted by Crippen LogP contribution is -2.23. The van der Waals surface area contributed by atoms with Gasteiger partial charge in [0.15, 0.2) is 11.6 Å². The number of halogens is 2. The van der Waals surface area contributed by atoms with Crippen molar-refractivity contribution in [1.29, 1.82) is 0 Å². The second-order valence-corrected chi connectivity index (χ2v) is 4.21. The normalized spacial score (nSPS) is 10.2. The first-order chi connectivity index (χ1) is 10.1. The van der Waals surface area contributed by atoms with E-state index in [0.717, 1.165) is 12.1 Å². The van der Waals surface area contributed by atoms with Crippen LogP contribution in [0.1, 0.15) is 22.8 Å². The summed E-state index contributed by atoms with van der Waals surface area (Å²) in [6, 6.07) is 6.49. The van der Waals surface area contributed by atoms with E-state index >= 15 is 0 Å². The van der Waals surface area contributed by atoms with Crippen molar-refractivity contribution in [3.05, 3.63) is 59.3 Å². The van der Waals surface area contributed by atoms with Gasteiger partial charge in [-0.2, -0.15) is 0 Å². The van der Waals surface area contributed by atoms with Crippen LogP contribution in [-0.2, 0) is 6.54 Å². The van der Waals surface area contributed by atoms with Gasteiger partial charge >= 0.3 is 0 Å². The van der Waals surface area contributed by atoms with Gasteiger partial charge in [-0.05, 0) is 31.2 Å². The van der Waals surface area contributed by atoms with E-state index in [2.05, 4.69) is 10.3 Å². The molecule has 1 aromatic heterocycles. The highest BCUT2D eigenvalue weighted by atomic mass is 19.2. The third kappa shape index (κ3) is 3.75. The molecule has 0 fully saturated rings. The second kappa shape index (κ2) is 6.78. The Hall–Kier alpha value is -2.50. The number of pyridine rings is 1. The molecule has 0 unspecified atom stereocenters. The maximum absolute atomic E-state index is 13.1. The molecule has 0 aliphatic rings. The van der Waals surface area contributed by atoms with E-state index < -0.39 is 17.5 Å². The monoisotopic (exact) mass is 292 g/mol. The molecule has 1 heterocycles. The average molecular weight is 292 g/mol. The number of carbonyl (C=O) groups excluding carboxylic acids is 1. The maximum atomic E-state index is 13.1. The zero-order chi connectivity index (χ0) is 15.2. The lowest BCUT2D eigenvalue weighted by molar-refractivity contribution is 0.0950. The number of rotatable bonds is 5. The number of hydrogen-bond donors (Lipinski definition) is 1. The molecular formula is C15H14F2N2O2. The fourth-order valence-corrected chi connectivity index (χ4v) is 1.74. The number of amides is 1. The summed E-state index contributed by atoms with van der Waals surface area (Å²) in [4.78, 5) is 16.0. The van der Waals surface area contributed by atoms with Crippen molar-refractivity contribution in [2.75, 3.05) is 6.61 Å². The van der Waals surface area contributed by atoms with Gasteiger partial charge in [-0.25, -0.2) is 13.8 Å². The van der Waals surface area contributed by atoms with Gasteiger partial charge in [-0.1, -0.05) is 6.07 Å². The Labute approximate surface area is 120 Å². The molecule has 0 saturated heterocycles. The Balaban J connectivity index is 2.05. The summed E-state index contributed by atoms with van der Waals surface area (Å²) >= 11 is 0.